The van der Waals surface area contributed by atoms with Crippen molar-refractivity contribution in [3.8, 4) is 34.7 Å². The molecule has 0 aliphatic carbocycles. The standard InChI is InChI=1S/C28H32N4O4.ClH/c1-18(2)35-26-7-6-23(14-24(26)15-29)28-30-27(31-36-28)22-5-4-20-8-10-32(11-9-21(20)13-22)16-25(34)12-19(3)17-33;/h4-7,13-14,18-19,33H,8-12,16-17H2,1-3H3;1H/t19-;/m0./s1. The number of aliphatic hydroxyl groups excluding tert-OH is 1. The van der Waals surface area contributed by atoms with Crippen LogP contribution in [0.4, 0.5) is 0 Å². The molecule has 2 aromatic carbocycles. The zero-order valence-corrected chi connectivity index (χ0v) is 22.3. The van der Waals surface area contributed by atoms with E-state index >= 15 is 0 Å². The van der Waals surface area contributed by atoms with Crippen molar-refractivity contribution in [3.05, 3.63) is 53.1 Å². The molecular weight excluding hydrogens is 492 g/mol. The van der Waals surface area contributed by atoms with Gasteiger partial charge in [-0.25, -0.2) is 0 Å². The third-order valence-electron chi connectivity index (χ3n) is 6.28. The fourth-order valence-electron chi connectivity index (χ4n) is 4.40. The Balaban J connectivity index is 0.00000380. The van der Waals surface area contributed by atoms with Crippen molar-refractivity contribution < 1.29 is 19.2 Å². The van der Waals surface area contributed by atoms with Crippen molar-refractivity contribution in [1.82, 2.24) is 15.0 Å². The lowest BCUT2D eigenvalue weighted by molar-refractivity contribution is -0.121. The summed E-state index contributed by atoms with van der Waals surface area (Å²) in [6.45, 7) is 7.80. The van der Waals surface area contributed by atoms with Gasteiger partial charge in [-0.2, -0.15) is 10.2 Å². The number of halogens is 1. The molecule has 0 spiro atoms. The lowest BCUT2D eigenvalue weighted by Gasteiger charge is -2.19. The molecule has 0 radical (unpaired) electrons. The van der Waals surface area contributed by atoms with E-state index in [1.54, 1.807) is 12.1 Å². The summed E-state index contributed by atoms with van der Waals surface area (Å²) in [6, 6.07) is 13.6. The van der Waals surface area contributed by atoms with Gasteiger partial charge in [-0.3, -0.25) is 9.69 Å². The van der Waals surface area contributed by atoms with Gasteiger partial charge in [0.05, 0.1) is 18.2 Å². The Bertz CT molecular complexity index is 1270. The van der Waals surface area contributed by atoms with Gasteiger partial charge in [0, 0.05) is 37.2 Å². The molecule has 196 valence electrons. The lowest BCUT2D eigenvalue weighted by Crippen LogP contribution is -2.32. The summed E-state index contributed by atoms with van der Waals surface area (Å²) in [5, 5.41) is 22.9. The first kappa shape index (κ1) is 28.3. The van der Waals surface area contributed by atoms with E-state index in [1.165, 1.54) is 11.1 Å². The molecule has 4 rings (SSSR count). The Labute approximate surface area is 223 Å². The fourth-order valence-corrected chi connectivity index (χ4v) is 4.40. The first-order valence-corrected chi connectivity index (χ1v) is 12.4. The molecule has 37 heavy (non-hydrogen) atoms. The monoisotopic (exact) mass is 524 g/mol. The Morgan fingerprint density at radius 3 is 2.57 bits per heavy atom. The van der Waals surface area contributed by atoms with Crippen molar-refractivity contribution >= 4 is 18.2 Å². The van der Waals surface area contributed by atoms with Gasteiger partial charge in [0.25, 0.3) is 5.89 Å². The zero-order valence-electron chi connectivity index (χ0n) is 21.4. The van der Waals surface area contributed by atoms with Gasteiger partial charge in [0.15, 0.2) is 0 Å². The van der Waals surface area contributed by atoms with Crippen molar-refractivity contribution in [2.45, 2.75) is 46.1 Å². The number of aliphatic hydroxyl groups is 1. The number of carbonyl (C=O) groups excluding carboxylic acids is 1. The highest BCUT2D eigenvalue weighted by atomic mass is 35.5. The van der Waals surface area contributed by atoms with Crippen molar-refractivity contribution in [3.63, 3.8) is 0 Å². The minimum Gasteiger partial charge on any atom is -0.490 e. The van der Waals surface area contributed by atoms with Gasteiger partial charge in [-0.15, -0.1) is 12.4 Å². The maximum atomic E-state index is 12.3. The molecule has 1 aliphatic heterocycles. The Hall–Kier alpha value is -3.25. The number of hydrogen-bond donors (Lipinski definition) is 1. The molecular formula is C28H33ClN4O4. The van der Waals surface area contributed by atoms with Crippen LogP contribution in [0, 0.1) is 17.2 Å². The van der Waals surface area contributed by atoms with Gasteiger partial charge >= 0.3 is 0 Å². The van der Waals surface area contributed by atoms with Crippen LogP contribution in [-0.4, -0.2) is 58.3 Å². The van der Waals surface area contributed by atoms with Crippen LogP contribution in [0.25, 0.3) is 22.8 Å². The Kier molecular flexibility index (Phi) is 9.81. The van der Waals surface area contributed by atoms with Crippen molar-refractivity contribution in [2.24, 2.45) is 5.92 Å². The van der Waals surface area contributed by atoms with Crippen LogP contribution in [0.15, 0.2) is 40.9 Å². The van der Waals surface area contributed by atoms with Gasteiger partial charge in [0.1, 0.15) is 17.6 Å². The van der Waals surface area contributed by atoms with Gasteiger partial charge in [-0.1, -0.05) is 24.2 Å². The summed E-state index contributed by atoms with van der Waals surface area (Å²) in [6.07, 6.45) is 2.08. The summed E-state index contributed by atoms with van der Waals surface area (Å²) >= 11 is 0. The van der Waals surface area contributed by atoms with E-state index in [1.807, 2.05) is 32.9 Å². The summed E-state index contributed by atoms with van der Waals surface area (Å²) in [7, 11) is 0. The minimum atomic E-state index is -0.0336. The molecule has 0 saturated carbocycles. The van der Waals surface area contributed by atoms with Crippen molar-refractivity contribution in [2.75, 3.05) is 26.2 Å². The highest BCUT2D eigenvalue weighted by Crippen LogP contribution is 2.29. The number of aromatic nitrogens is 2. The zero-order chi connectivity index (χ0) is 25.7. The lowest BCUT2D eigenvalue weighted by atomic mass is 10.00. The number of fused-ring (bicyclic) bond motifs is 1. The van der Waals surface area contributed by atoms with Crippen LogP contribution < -0.4 is 4.74 Å². The van der Waals surface area contributed by atoms with E-state index in [9.17, 15) is 15.2 Å². The molecule has 0 amide bonds. The number of nitrogens with zero attached hydrogens (tertiary/aromatic N) is 4. The predicted molar refractivity (Wildman–Crippen MR) is 143 cm³/mol. The molecule has 1 atom stereocenters. The van der Waals surface area contributed by atoms with Crippen LogP contribution in [0.3, 0.4) is 0 Å². The van der Waals surface area contributed by atoms with Gasteiger partial charge in [-0.05, 0) is 68.0 Å². The molecule has 2 heterocycles. The molecule has 3 aromatic rings. The average molecular weight is 525 g/mol. The molecule has 9 heteroatoms. The molecule has 0 saturated heterocycles. The maximum absolute atomic E-state index is 12.3. The second-order valence-corrected chi connectivity index (χ2v) is 9.70. The van der Waals surface area contributed by atoms with E-state index in [0.29, 0.717) is 41.6 Å². The molecule has 1 aliphatic rings. The van der Waals surface area contributed by atoms with Gasteiger partial charge in [0.2, 0.25) is 5.82 Å². The summed E-state index contributed by atoms with van der Waals surface area (Å²) < 4.78 is 11.2. The number of rotatable bonds is 9. The molecule has 0 bridgehead atoms. The first-order valence-electron chi connectivity index (χ1n) is 12.4. The first-order chi connectivity index (χ1) is 17.4. The summed E-state index contributed by atoms with van der Waals surface area (Å²) in [5.41, 5.74) is 4.43. The molecule has 1 aromatic heterocycles. The molecule has 0 unspecified atom stereocenters. The number of ketones is 1. The molecule has 8 nitrogen and oxygen atoms in total. The summed E-state index contributed by atoms with van der Waals surface area (Å²) in [5.74, 6) is 1.53. The largest absolute Gasteiger partial charge is 0.490 e. The number of benzene rings is 2. The van der Waals surface area contributed by atoms with E-state index < -0.39 is 0 Å². The molecule has 1 N–H and O–H groups in total. The quantitative estimate of drug-likeness (QED) is 0.436. The normalized spacial score (nSPS) is 14.3. The average Bonchev–Trinajstić information content (AvgIpc) is 3.27. The second-order valence-electron chi connectivity index (χ2n) is 9.70. The number of hydrogen-bond acceptors (Lipinski definition) is 8. The van der Waals surface area contributed by atoms with E-state index in [-0.39, 0.29) is 36.8 Å². The highest BCUT2D eigenvalue weighted by Gasteiger charge is 2.19. The maximum Gasteiger partial charge on any atom is 0.258 e. The third-order valence-corrected chi connectivity index (χ3v) is 6.28. The van der Waals surface area contributed by atoms with E-state index in [4.69, 9.17) is 9.26 Å². The Morgan fingerprint density at radius 1 is 1.14 bits per heavy atom. The number of ether oxygens (including phenoxy) is 1. The summed E-state index contributed by atoms with van der Waals surface area (Å²) in [4.78, 5) is 19.1. The third kappa shape index (κ3) is 7.16. The van der Waals surface area contributed by atoms with E-state index in [2.05, 4.69) is 33.2 Å². The SMILES string of the molecule is CC(C)Oc1ccc(-c2nc(-c3ccc4c(c3)CCN(CC(=O)C[C@H](C)CO)CC4)no2)cc1C#N.Cl. The molecule has 0 fully saturated rings. The highest BCUT2D eigenvalue weighted by molar-refractivity contribution is 5.85. The smallest absolute Gasteiger partial charge is 0.258 e. The number of nitriles is 1. The topological polar surface area (TPSA) is 112 Å². The number of Topliss-reactive ketones (excluding diaryl/α,β-unsaturated/α-hetero) is 1. The predicted octanol–water partition coefficient (Wildman–Crippen LogP) is 4.47. The van der Waals surface area contributed by atoms with Crippen LogP contribution >= 0.6 is 12.4 Å². The fraction of sp³-hybridized carbons (Fsp3) is 0.429. The van der Waals surface area contributed by atoms with Gasteiger partial charge < -0.3 is 14.4 Å². The van der Waals surface area contributed by atoms with Crippen LogP contribution in [0.2, 0.25) is 0 Å². The van der Waals surface area contributed by atoms with E-state index in [0.717, 1.165) is 31.5 Å². The van der Waals surface area contributed by atoms with Crippen LogP contribution in [0.1, 0.15) is 43.9 Å². The minimum absolute atomic E-state index is 0. The second kappa shape index (κ2) is 12.8. The van der Waals surface area contributed by atoms with Crippen LogP contribution in [-0.2, 0) is 17.6 Å². The van der Waals surface area contributed by atoms with Crippen molar-refractivity contribution in [1.29, 1.82) is 5.26 Å². The number of carbonyl (C=O) groups is 1. The van der Waals surface area contributed by atoms with Crippen LogP contribution in [0.5, 0.6) is 5.75 Å². The Morgan fingerprint density at radius 2 is 1.86 bits per heavy atom.